The molecule has 0 aromatic rings. The van der Waals surface area contributed by atoms with Crippen LogP contribution in [0, 0.1) is 0 Å². The molecule has 0 aliphatic rings. The fourth-order valence-corrected chi connectivity index (χ4v) is 6.95. The Bertz CT molecular complexity index is 642. The second-order valence-corrected chi connectivity index (χ2v) is 16.5. The molecule has 0 aromatic heterocycles. The van der Waals surface area contributed by atoms with E-state index in [1.165, 1.54) is 180 Å². The quantitative estimate of drug-likeness (QED) is 0.0491. The van der Waals surface area contributed by atoms with E-state index < -0.39 is 0 Å². The van der Waals surface area contributed by atoms with Crippen LogP contribution in [-0.2, 0) is 18.9 Å². The minimum atomic E-state index is -0.171. The number of allylic oxidation sites excluding steroid dienone is 2. The van der Waals surface area contributed by atoms with Crippen molar-refractivity contribution in [3.63, 3.8) is 0 Å². The number of rotatable bonds is 48. The lowest BCUT2D eigenvalue weighted by Gasteiger charge is -2.16. The molecule has 2 atom stereocenters. The molecule has 5 heteroatoms. The third-order valence-corrected chi connectivity index (χ3v) is 10.9. The molecule has 0 fully saturated rings. The van der Waals surface area contributed by atoms with Crippen LogP contribution in [-0.4, -0.2) is 63.6 Å². The number of hydrogen-bond donors (Lipinski definition) is 1. The summed E-state index contributed by atoms with van der Waals surface area (Å²) in [6.07, 6.45) is 50.5. The summed E-state index contributed by atoms with van der Waals surface area (Å²) in [5.41, 5.74) is 0. The smallest absolute Gasteiger partial charge is 0.104 e. The molecule has 0 amide bonds. The van der Waals surface area contributed by atoms with E-state index in [0.29, 0.717) is 13.2 Å². The summed E-state index contributed by atoms with van der Waals surface area (Å²) in [5.74, 6) is 0. The third-order valence-electron chi connectivity index (χ3n) is 10.9. The molecule has 0 radical (unpaired) electrons. The van der Waals surface area contributed by atoms with E-state index in [-0.39, 0.29) is 18.8 Å². The second-order valence-electron chi connectivity index (χ2n) is 16.5. The van der Waals surface area contributed by atoms with Gasteiger partial charge < -0.3 is 24.1 Å². The van der Waals surface area contributed by atoms with Gasteiger partial charge in [0.25, 0.3) is 0 Å². The number of aliphatic hydroxyl groups is 1. The van der Waals surface area contributed by atoms with Crippen LogP contribution in [0.25, 0.3) is 0 Å². The van der Waals surface area contributed by atoms with Gasteiger partial charge in [-0.1, -0.05) is 200 Å². The van der Waals surface area contributed by atoms with Crippen LogP contribution >= 0.6 is 0 Å². The lowest BCUT2D eigenvalue weighted by molar-refractivity contribution is -0.0436. The van der Waals surface area contributed by atoms with Crippen molar-refractivity contribution in [2.75, 3.05) is 46.2 Å². The van der Waals surface area contributed by atoms with Gasteiger partial charge in [-0.15, -0.1) is 13.2 Å². The van der Waals surface area contributed by atoms with Gasteiger partial charge in [-0.3, -0.25) is 0 Å². The number of aliphatic hydroxyl groups excluding tert-OH is 1. The minimum Gasteiger partial charge on any atom is -0.394 e. The van der Waals surface area contributed by atoms with E-state index in [0.717, 1.165) is 71.4 Å². The van der Waals surface area contributed by atoms with E-state index in [9.17, 15) is 5.11 Å². The lowest BCUT2D eigenvalue weighted by Crippen LogP contribution is -2.24. The van der Waals surface area contributed by atoms with Gasteiger partial charge in [-0.05, 0) is 57.8 Å². The van der Waals surface area contributed by atoms with Crippen molar-refractivity contribution in [3.05, 3.63) is 25.3 Å². The van der Waals surface area contributed by atoms with Gasteiger partial charge in [-0.2, -0.15) is 0 Å². The summed E-state index contributed by atoms with van der Waals surface area (Å²) in [6, 6.07) is 0. The van der Waals surface area contributed by atoms with Crippen molar-refractivity contribution in [2.45, 2.75) is 258 Å². The molecule has 2 unspecified atom stereocenters. The highest BCUT2D eigenvalue weighted by Gasteiger charge is 2.08. The average molecular weight is 795 g/mol. The van der Waals surface area contributed by atoms with Crippen molar-refractivity contribution in [1.82, 2.24) is 0 Å². The van der Waals surface area contributed by atoms with Gasteiger partial charge in [0, 0.05) is 26.4 Å². The van der Waals surface area contributed by atoms with Crippen LogP contribution in [0.2, 0.25) is 0 Å². The Hall–Kier alpha value is -0.720. The molecule has 56 heavy (non-hydrogen) atoms. The first kappa shape index (κ1) is 57.4. The molecular formula is C51H102O5. The highest BCUT2D eigenvalue weighted by Crippen LogP contribution is 2.15. The molecule has 0 saturated heterocycles. The van der Waals surface area contributed by atoms with Crippen LogP contribution in [0.1, 0.15) is 245 Å². The van der Waals surface area contributed by atoms with Crippen LogP contribution in [0.4, 0.5) is 0 Å². The van der Waals surface area contributed by atoms with Crippen LogP contribution in [0.3, 0.4) is 0 Å². The van der Waals surface area contributed by atoms with Crippen molar-refractivity contribution >= 4 is 0 Å². The molecule has 0 heterocycles. The monoisotopic (exact) mass is 795 g/mol. The van der Waals surface area contributed by atoms with Crippen molar-refractivity contribution in [1.29, 1.82) is 0 Å². The van der Waals surface area contributed by atoms with E-state index in [1.54, 1.807) is 0 Å². The SMILES string of the molecule is C=CCCCCOC(CC)COCCCCCCCCCCCCCCCC.C=CCCCCOC(CO)COCCCCCCCCCCCCCCCC. The Balaban J connectivity index is 0. The maximum absolute atomic E-state index is 9.33. The number of ether oxygens (including phenoxy) is 4. The average Bonchev–Trinajstić information content (AvgIpc) is 3.21. The molecule has 0 aliphatic carbocycles. The standard InChI is InChI=1S/C26H52O2.C25H50O3/c1-4-7-9-11-12-13-14-15-16-17-18-19-20-21-23-27-25-26(6-3)28-24-22-10-8-5-2;1-3-5-7-9-10-11-12-13-14-15-16-17-18-19-21-27-24-25(23-26)28-22-20-8-6-4-2/h5,26H,2,4,6-25H2,1,3H3;4,25-26H,2-3,5-24H2,1H3. The molecule has 0 aromatic carbocycles. The topological polar surface area (TPSA) is 57.2 Å². The maximum atomic E-state index is 9.33. The summed E-state index contributed by atoms with van der Waals surface area (Å²) < 4.78 is 23.1. The molecule has 0 spiro atoms. The van der Waals surface area contributed by atoms with E-state index in [4.69, 9.17) is 18.9 Å². The summed E-state index contributed by atoms with van der Waals surface area (Å²) >= 11 is 0. The molecular weight excluding hydrogens is 693 g/mol. The normalized spacial score (nSPS) is 12.4. The summed E-state index contributed by atoms with van der Waals surface area (Å²) in [5, 5.41) is 9.33. The molecule has 336 valence electrons. The Morgan fingerprint density at radius 3 is 0.964 bits per heavy atom. The van der Waals surface area contributed by atoms with Crippen LogP contribution in [0.5, 0.6) is 0 Å². The Labute approximate surface area is 352 Å². The van der Waals surface area contributed by atoms with E-state index >= 15 is 0 Å². The summed E-state index contributed by atoms with van der Waals surface area (Å²) in [4.78, 5) is 0. The van der Waals surface area contributed by atoms with Crippen molar-refractivity contribution < 1.29 is 24.1 Å². The van der Waals surface area contributed by atoms with Gasteiger partial charge >= 0.3 is 0 Å². The second kappa shape index (κ2) is 54.3. The Morgan fingerprint density at radius 2 is 0.661 bits per heavy atom. The van der Waals surface area contributed by atoms with Gasteiger partial charge in [0.05, 0.1) is 25.9 Å². The third kappa shape index (κ3) is 51.3. The van der Waals surface area contributed by atoms with Crippen LogP contribution in [0.15, 0.2) is 25.3 Å². The predicted molar refractivity (Wildman–Crippen MR) is 247 cm³/mol. The zero-order valence-corrected chi connectivity index (χ0v) is 38.5. The molecule has 5 nitrogen and oxygen atoms in total. The van der Waals surface area contributed by atoms with Gasteiger partial charge in [0.2, 0.25) is 0 Å². The van der Waals surface area contributed by atoms with Crippen molar-refractivity contribution in [2.24, 2.45) is 0 Å². The Kier molecular flexibility index (Phi) is 55.6. The van der Waals surface area contributed by atoms with E-state index in [1.807, 2.05) is 12.2 Å². The molecule has 0 rings (SSSR count). The molecule has 0 bridgehead atoms. The number of hydrogen-bond acceptors (Lipinski definition) is 5. The zero-order chi connectivity index (χ0) is 41.1. The largest absolute Gasteiger partial charge is 0.394 e. The van der Waals surface area contributed by atoms with Gasteiger partial charge in [-0.25, -0.2) is 0 Å². The first-order valence-electron chi connectivity index (χ1n) is 24.9. The highest BCUT2D eigenvalue weighted by molar-refractivity contribution is 4.66. The number of unbranched alkanes of at least 4 members (excludes halogenated alkanes) is 30. The lowest BCUT2D eigenvalue weighted by atomic mass is 10.0. The molecule has 1 N–H and O–H groups in total. The van der Waals surface area contributed by atoms with Gasteiger partial charge in [0.15, 0.2) is 0 Å². The summed E-state index contributed by atoms with van der Waals surface area (Å²) in [7, 11) is 0. The minimum absolute atomic E-state index is 0.0419. The van der Waals surface area contributed by atoms with Gasteiger partial charge in [0.1, 0.15) is 6.10 Å². The molecule has 0 saturated carbocycles. The van der Waals surface area contributed by atoms with Crippen molar-refractivity contribution in [3.8, 4) is 0 Å². The van der Waals surface area contributed by atoms with Crippen LogP contribution < -0.4 is 0 Å². The molecule has 0 aliphatic heterocycles. The first-order valence-corrected chi connectivity index (χ1v) is 24.9. The summed E-state index contributed by atoms with van der Waals surface area (Å²) in [6.45, 7) is 18.8. The Morgan fingerprint density at radius 1 is 0.375 bits per heavy atom. The fraction of sp³-hybridized carbons (Fsp3) is 0.922. The fourth-order valence-electron chi connectivity index (χ4n) is 6.95. The zero-order valence-electron chi connectivity index (χ0n) is 38.5. The first-order chi connectivity index (χ1) is 27.7. The maximum Gasteiger partial charge on any atom is 0.104 e. The highest BCUT2D eigenvalue weighted by atomic mass is 16.5. The van der Waals surface area contributed by atoms with E-state index in [2.05, 4.69) is 33.9 Å². The predicted octanol–water partition coefficient (Wildman–Crippen LogP) is 15.9.